The molecule has 0 aromatic heterocycles. The highest BCUT2D eigenvalue weighted by atomic mass is 19.2. The summed E-state index contributed by atoms with van der Waals surface area (Å²) in [6, 6.07) is 13.8. The van der Waals surface area contributed by atoms with Crippen LogP contribution < -0.4 is 10.6 Å². The van der Waals surface area contributed by atoms with Gasteiger partial charge in [-0.15, -0.1) is 0 Å². The molecule has 3 aromatic rings. The van der Waals surface area contributed by atoms with Crippen molar-refractivity contribution in [3.05, 3.63) is 83.4 Å². The summed E-state index contributed by atoms with van der Waals surface area (Å²) in [4.78, 5) is 22.7. The molecule has 0 aliphatic carbocycles. The predicted molar refractivity (Wildman–Crippen MR) is 99.7 cm³/mol. The maximum atomic E-state index is 14.5. The molecule has 0 radical (unpaired) electrons. The highest BCUT2D eigenvalue weighted by Gasteiger charge is 2.18. The van der Waals surface area contributed by atoms with Crippen molar-refractivity contribution in [1.82, 2.24) is 0 Å². The quantitative estimate of drug-likeness (QED) is 0.485. The maximum Gasteiger partial charge on any atom is 0.337 e. The summed E-state index contributed by atoms with van der Waals surface area (Å²) in [6.07, 6.45) is 0. The van der Waals surface area contributed by atoms with Crippen LogP contribution in [-0.2, 0) is 0 Å². The van der Waals surface area contributed by atoms with Gasteiger partial charge in [-0.25, -0.2) is 18.4 Å². The van der Waals surface area contributed by atoms with Crippen LogP contribution in [0.3, 0.4) is 0 Å². The molecule has 0 fully saturated rings. The lowest BCUT2D eigenvalue weighted by molar-refractivity contribution is 0.0687. The molecule has 142 valence electrons. The Bertz CT molecular complexity index is 1070. The highest BCUT2D eigenvalue weighted by Crippen LogP contribution is 2.34. The van der Waals surface area contributed by atoms with E-state index in [4.69, 9.17) is 0 Å². The van der Waals surface area contributed by atoms with E-state index in [0.717, 1.165) is 6.07 Å². The van der Waals surface area contributed by atoms with E-state index in [9.17, 15) is 28.6 Å². The Kier molecular flexibility index (Phi) is 5.21. The van der Waals surface area contributed by atoms with Crippen LogP contribution in [0.1, 0.15) is 20.7 Å². The van der Waals surface area contributed by atoms with Gasteiger partial charge in [0.1, 0.15) is 5.69 Å². The monoisotopic (exact) mass is 384 g/mol. The molecule has 3 aromatic carbocycles. The van der Waals surface area contributed by atoms with E-state index in [1.165, 1.54) is 42.5 Å². The lowest BCUT2D eigenvalue weighted by Gasteiger charge is -2.17. The molecule has 28 heavy (non-hydrogen) atoms. The molecule has 8 heteroatoms. The van der Waals surface area contributed by atoms with Gasteiger partial charge in [0, 0.05) is 0 Å². The minimum atomic E-state index is -1.24. The van der Waals surface area contributed by atoms with Crippen LogP contribution in [0.4, 0.5) is 31.5 Å². The van der Waals surface area contributed by atoms with Gasteiger partial charge in [0.25, 0.3) is 0 Å². The van der Waals surface area contributed by atoms with Crippen molar-refractivity contribution in [2.45, 2.75) is 0 Å². The smallest absolute Gasteiger partial charge is 0.337 e. The van der Waals surface area contributed by atoms with E-state index in [2.05, 4.69) is 10.6 Å². The van der Waals surface area contributed by atoms with Gasteiger partial charge >= 0.3 is 11.9 Å². The van der Waals surface area contributed by atoms with Gasteiger partial charge in [-0.3, -0.25) is 0 Å². The number of rotatable bonds is 6. The number of benzene rings is 3. The van der Waals surface area contributed by atoms with Crippen LogP contribution in [0.2, 0.25) is 0 Å². The van der Waals surface area contributed by atoms with E-state index >= 15 is 0 Å². The first-order valence-corrected chi connectivity index (χ1v) is 8.05. The largest absolute Gasteiger partial charge is 0.478 e. The van der Waals surface area contributed by atoms with E-state index in [1.807, 2.05) is 0 Å². The third-order valence-corrected chi connectivity index (χ3v) is 3.94. The SMILES string of the molecule is O=C(O)c1ccccc1Nc1ccc(F)c(F)c1Nc1ccccc1C(=O)O. The second-order valence-corrected chi connectivity index (χ2v) is 5.74. The van der Waals surface area contributed by atoms with Crippen LogP contribution in [0.25, 0.3) is 0 Å². The van der Waals surface area contributed by atoms with Gasteiger partial charge in [-0.1, -0.05) is 24.3 Å². The Balaban J connectivity index is 2.07. The van der Waals surface area contributed by atoms with E-state index in [-0.39, 0.29) is 33.9 Å². The third kappa shape index (κ3) is 3.75. The standard InChI is InChI=1S/C20H14F2N2O4/c21-13-9-10-16(23-14-7-3-1-5-11(14)19(25)26)18(17(13)22)24-15-8-4-2-6-12(15)20(27)28/h1-10,23-24H,(H,25,26)(H,27,28). The molecule has 0 spiro atoms. The van der Waals surface area contributed by atoms with Gasteiger partial charge in [0.15, 0.2) is 11.6 Å². The van der Waals surface area contributed by atoms with Crippen molar-refractivity contribution < 1.29 is 28.6 Å². The molecule has 0 aliphatic rings. The molecule has 0 bridgehead atoms. The molecular formula is C20H14F2N2O4. The molecule has 0 saturated heterocycles. The number of carboxylic acids is 2. The number of halogens is 2. The summed E-state index contributed by atoms with van der Waals surface area (Å²) in [5, 5.41) is 23.9. The molecule has 6 nitrogen and oxygen atoms in total. The summed E-state index contributed by atoms with van der Waals surface area (Å²) in [5.74, 6) is -4.83. The van der Waals surface area contributed by atoms with Crippen LogP contribution >= 0.6 is 0 Å². The average molecular weight is 384 g/mol. The minimum absolute atomic E-state index is 0.0350. The predicted octanol–water partition coefficient (Wildman–Crippen LogP) is 4.85. The number of hydrogen-bond donors (Lipinski definition) is 4. The zero-order valence-electron chi connectivity index (χ0n) is 14.2. The first kappa shape index (κ1) is 18.8. The molecule has 4 N–H and O–H groups in total. The molecule has 0 unspecified atom stereocenters. The van der Waals surface area contributed by atoms with Crippen molar-refractivity contribution >= 4 is 34.7 Å². The zero-order valence-corrected chi connectivity index (χ0v) is 14.2. The second-order valence-electron chi connectivity index (χ2n) is 5.74. The summed E-state index contributed by atoms with van der Waals surface area (Å²) < 4.78 is 28.3. The highest BCUT2D eigenvalue weighted by molar-refractivity contribution is 5.97. The zero-order chi connectivity index (χ0) is 20.3. The first-order valence-electron chi connectivity index (χ1n) is 8.05. The number of carboxylic acid groups (broad SMARTS) is 2. The van der Waals surface area contributed by atoms with Crippen LogP contribution in [-0.4, -0.2) is 22.2 Å². The van der Waals surface area contributed by atoms with Crippen molar-refractivity contribution in [2.24, 2.45) is 0 Å². The molecule has 0 aliphatic heterocycles. The Morgan fingerprint density at radius 3 is 1.71 bits per heavy atom. The Morgan fingerprint density at radius 1 is 0.679 bits per heavy atom. The fourth-order valence-electron chi connectivity index (χ4n) is 2.61. The first-order chi connectivity index (χ1) is 13.4. The number of nitrogens with one attached hydrogen (secondary N) is 2. The lowest BCUT2D eigenvalue weighted by Crippen LogP contribution is -2.08. The molecule has 0 heterocycles. The van der Waals surface area contributed by atoms with E-state index in [0.29, 0.717) is 0 Å². The van der Waals surface area contributed by atoms with Crippen molar-refractivity contribution in [3.8, 4) is 0 Å². The van der Waals surface area contributed by atoms with E-state index in [1.54, 1.807) is 12.1 Å². The van der Waals surface area contributed by atoms with Gasteiger partial charge in [-0.2, -0.15) is 0 Å². The molecule has 3 rings (SSSR count). The second kappa shape index (κ2) is 7.75. The molecular weight excluding hydrogens is 370 g/mol. The van der Waals surface area contributed by atoms with Crippen LogP contribution in [0.5, 0.6) is 0 Å². The number of hydrogen-bond acceptors (Lipinski definition) is 4. The number of aromatic carboxylic acids is 2. The van der Waals surface area contributed by atoms with Gasteiger partial charge in [-0.05, 0) is 36.4 Å². The number of para-hydroxylation sites is 2. The molecule has 0 saturated carbocycles. The third-order valence-electron chi connectivity index (χ3n) is 3.94. The van der Waals surface area contributed by atoms with Crippen molar-refractivity contribution in [1.29, 1.82) is 0 Å². The van der Waals surface area contributed by atoms with Gasteiger partial charge in [0.2, 0.25) is 0 Å². The minimum Gasteiger partial charge on any atom is -0.478 e. The number of anilines is 4. The Hall–Kier alpha value is -3.94. The molecule has 0 atom stereocenters. The maximum absolute atomic E-state index is 14.5. The van der Waals surface area contributed by atoms with Crippen LogP contribution in [0.15, 0.2) is 60.7 Å². The van der Waals surface area contributed by atoms with Crippen molar-refractivity contribution in [3.63, 3.8) is 0 Å². The van der Waals surface area contributed by atoms with Crippen LogP contribution in [0, 0.1) is 11.6 Å². The lowest BCUT2D eigenvalue weighted by atomic mass is 10.1. The summed E-state index contributed by atoms with van der Waals surface area (Å²) in [5.41, 5.74) is -0.307. The summed E-state index contributed by atoms with van der Waals surface area (Å²) >= 11 is 0. The summed E-state index contributed by atoms with van der Waals surface area (Å²) in [6.45, 7) is 0. The van der Waals surface area contributed by atoms with Gasteiger partial charge < -0.3 is 20.8 Å². The topological polar surface area (TPSA) is 98.7 Å². The average Bonchev–Trinajstić information content (AvgIpc) is 2.68. The van der Waals surface area contributed by atoms with Gasteiger partial charge in [0.05, 0.1) is 28.2 Å². The van der Waals surface area contributed by atoms with E-state index < -0.39 is 23.6 Å². The molecule has 0 amide bonds. The van der Waals surface area contributed by atoms with Crippen molar-refractivity contribution in [2.75, 3.05) is 10.6 Å². The number of carbonyl (C=O) groups is 2. The fourth-order valence-corrected chi connectivity index (χ4v) is 2.61. The fraction of sp³-hybridized carbons (Fsp3) is 0. The Labute approximate surface area is 158 Å². The normalized spacial score (nSPS) is 10.4. The Morgan fingerprint density at radius 2 is 1.18 bits per heavy atom. The summed E-state index contributed by atoms with van der Waals surface area (Å²) in [7, 11) is 0.